The molecule has 3 unspecified atom stereocenters. The fourth-order valence-corrected chi connectivity index (χ4v) is 9.80. The molecule has 0 spiro atoms. The Morgan fingerprint density at radius 3 is 1.26 bits per heavy atom. The van der Waals surface area contributed by atoms with Crippen molar-refractivity contribution in [1.82, 2.24) is 5.32 Å². The summed E-state index contributed by atoms with van der Waals surface area (Å²) >= 11 is 0. The smallest absolute Gasteiger partial charge is 0.306 e. The molecule has 78 heavy (non-hydrogen) atoms. The van der Waals surface area contributed by atoms with Gasteiger partial charge in [-0.05, 0) is 102 Å². The Balaban J connectivity index is 5.25. The highest BCUT2D eigenvalue weighted by molar-refractivity contribution is 7.45. The van der Waals surface area contributed by atoms with Gasteiger partial charge in [0.15, 0.2) is 0 Å². The maximum atomic E-state index is 13.5. The van der Waals surface area contributed by atoms with E-state index in [1.54, 1.807) is 0 Å². The molecule has 0 heterocycles. The Labute approximate surface area is 482 Å². The van der Waals surface area contributed by atoms with Crippen molar-refractivity contribution in [3.05, 3.63) is 85.1 Å². The van der Waals surface area contributed by atoms with Crippen LogP contribution in [0.2, 0.25) is 0 Å². The third-order valence-corrected chi connectivity index (χ3v) is 15.0. The fraction of sp³-hybridized carbons (Fsp3) is 0.765. The van der Waals surface area contributed by atoms with Crippen molar-refractivity contribution < 1.29 is 37.3 Å². The van der Waals surface area contributed by atoms with Crippen molar-refractivity contribution >= 4 is 19.7 Å². The van der Waals surface area contributed by atoms with Crippen LogP contribution in [0.5, 0.6) is 0 Å². The van der Waals surface area contributed by atoms with Crippen molar-refractivity contribution in [3.63, 3.8) is 0 Å². The highest BCUT2D eigenvalue weighted by atomic mass is 31.2. The molecule has 0 rings (SSSR count). The summed E-state index contributed by atoms with van der Waals surface area (Å²) in [6, 6.07) is -0.910. The van der Waals surface area contributed by atoms with E-state index in [1.807, 2.05) is 33.3 Å². The molecule has 0 aromatic rings. The first-order valence-electron chi connectivity index (χ1n) is 32.4. The van der Waals surface area contributed by atoms with Gasteiger partial charge in [-0.25, -0.2) is 0 Å². The molecule has 0 bridgehead atoms. The second-order valence-electron chi connectivity index (χ2n) is 22.9. The van der Waals surface area contributed by atoms with E-state index < -0.39 is 26.6 Å². The average molecular weight is 1110 g/mol. The predicted molar refractivity (Wildman–Crippen MR) is 335 cm³/mol. The first-order valence-corrected chi connectivity index (χ1v) is 33.9. The van der Waals surface area contributed by atoms with E-state index in [0.717, 1.165) is 89.9 Å². The van der Waals surface area contributed by atoms with Crippen LogP contribution < -0.4 is 10.2 Å². The molecule has 0 saturated heterocycles. The number of amides is 1. The maximum Gasteiger partial charge on any atom is 0.306 e. The number of likely N-dealkylation sites (N-methyl/N-ethyl adjacent to an activating group) is 1. The van der Waals surface area contributed by atoms with Gasteiger partial charge in [0.25, 0.3) is 7.82 Å². The third kappa shape index (κ3) is 57.9. The Morgan fingerprint density at radius 2 is 0.821 bits per heavy atom. The third-order valence-electron chi connectivity index (χ3n) is 14.1. The minimum absolute atomic E-state index is 0.0320. The fourth-order valence-electron chi connectivity index (χ4n) is 9.07. The number of carbonyl (C=O) groups is 2. The lowest BCUT2D eigenvalue weighted by atomic mass is 10.0. The Kier molecular flexibility index (Phi) is 55.4. The SMILES string of the molecule is CC/C=C\C/C=C\C/C=C\C/C=C\C/C=C\CCCCCC(=O)NC(COP(=O)([O-])OCC[N+](C)(C)C)C(/C=C/CCCCCCCCCCCC)OC(=O)CCCCCCCCCCCCC/C=C/CCCCCCCC. The summed E-state index contributed by atoms with van der Waals surface area (Å²) in [6.07, 6.45) is 75.5. The molecule has 0 aromatic heterocycles. The number of phosphoric acid groups is 1. The largest absolute Gasteiger partial charge is 0.756 e. The van der Waals surface area contributed by atoms with Gasteiger partial charge < -0.3 is 28.5 Å². The molecule has 3 atom stereocenters. The van der Waals surface area contributed by atoms with E-state index in [2.05, 4.69) is 99.0 Å². The van der Waals surface area contributed by atoms with Gasteiger partial charge in [-0.1, -0.05) is 254 Å². The zero-order valence-electron chi connectivity index (χ0n) is 51.6. The van der Waals surface area contributed by atoms with Crippen LogP contribution in [0.25, 0.3) is 0 Å². The summed E-state index contributed by atoms with van der Waals surface area (Å²) in [4.78, 5) is 40.0. The maximum absolute atomic E-state index is 13.5. The van der Waals surface area contributed by atoms with E-state index in [-0.39, 0.29) is 31.3 Å². The van der Waals surface area contributed by atoms with Gasteiger partial charge in [-0.3, -0.25) is 14.2 Å². The number of nitrogens with one attached hydrogen (secondary N) is 1. The molecule has 452 valence electrons. The highest BCUT2D eigenvalue weighted by Gasteiger charge is 2.27. The minimum Gasteiger partial charge on any atom is -0.756 e. The summed E-state index contributed by atoms with van der Waals surface area (Å²) in [7, 11) is 1.16. The number of esters is 1. The normalized spacial score (nSPS) is 14.2. The first kappa shape index (κ1) is 75.2. The lowest BCUT2D eigenvalue weighted by Crippen LogP contribution is -2.47. The van der Waals surface area contributed by atoms with Crippen molar-refractivity contribution in [2.24, 2.45) is 0 Å². The standard InChI is InChI=1S/C68H123N2O7P/c1-7-10-13-16-19-22-25-28-30-32-34-35-37-39-41-43-46-49-52-55-58-61-68(72)77-66(59-56-53-50-47-44-27-24-21-18-15-12-9-3)65(64-76-78(73,74)75-63-62-70(4,5)6)69-67(71)60-57-54-51-48-45-42-40-38-36-33-31-29-26-23-20-17-14-11-8-2/h11,14,20,23,28-31,36,38,42,45,56,59,65-66H,7-10,12-13,15-19,21-22,24-27,32-35,37,39-41,43-44,46-55,57-58,60-64H2,1-6H3,(H-,69,71,73,74)/b14-11-,23-20-,30-28+,31-29-,38-36-,45-42-,59-56+. The highest BCUT2D eigenvalue weighted by Crippen LogP contribution is 2.38. The molecule has 0 aromatic carbocycles. The first-order chi connectivity index (χ1) is 37.9. The van der Waals surface area contributed by atoms with Crippen molar-refractivity contribution in [2.75, 3.05) is 40.9 Å². The van der Waals surface area contributed by atoms with Crippen LogP contribution in [0.4, 0.5) is 0 Å². The van der Waals surface area contributed by atoms with E-state index in [1.165, 1.54) is 154 Å². The zero-order chi connectivity index (χ0) is 57.2. The molecule has 1 N–H and O–H groups in total. The monoisotopic (exact) mass is 1110 g/mol. The Hall–Kier alpha value is -2.81. The number of rotatable bonds is 58. The predicted octanol–water partition coefficient (Wildman–Crippen LogP) is 19.5. The van der Waals surface area contributed by atoms with Crippen molar-refractivity contribution in [3.8, 4) is 0 Å². The van der Waals surface area contributed by atoms with Crippen molar-refractivity contribution in [1.29, 1.82) is 0 Å². The van der Waals surface area contributed by atoms with Gasteiger partial charge in [0.1, 0.15) is 19.3 Å². The van der Waals surface area contributed by atoms with Gasteiger partial charge in [0, 0.05) is 12.8 Å². The number of quaternary nitrogens is 1. The van der Waals surface area contributed by atoms with E-state index in [4.69, 9.17) is 13.8 Å². The van der Waals surface area contributed by atoms with Crippen LogP contribution >= 0.6 is 7.82 Å². The number of unbranched alkanes of at least 4 members (excludes halogenated alkanes) is 30. The van der Waals surface area contributed by atoms with Crippen LogP contribution in [0.3, 0.4) is 0 Å². The van der Waals surface area contributed by atoms with Gasteiger partial charge in [-0.2, -0.15) is 0 Å². The lowest BCUT2D eigenvalue weighted by molar-refractivity contribution is -0.870. The number of phosphoric ester groups is 1. The van der Waals surface area contributed by atoms with E-state index in [0.29, 0.717) is 17.4 Å². The quantitative estimate of drug-likeness (QED) is 0.0212. The summed E-state index contributed by atoms with van der Waals surface area (Å²) in [6.45, 7) is 6.71. The molecule has 0 aliphatic heterocycles. The van der Waals surface area contributed by atoms with Gasteiger partial charge in [-0.15, -0.1) is 0 Å². The van der Waals surface area contributed by atoms with Crippen LogP contribution in [0, 0.1) is 0 Å². The van der Waals surface area contributed by atoms with Crippen LogP contribution in [-0.4, -0.2) is 69.4 Å². The molecule has 0 radical (unpaired) electrons. The van der Waals surface area contributed by atoms with Gasteiger partial charge in [0.05, 0.1) is 33.8 Å². The van der Waals surface area contributed by atoms with Crippen LogP contribution in [0.1, 0.15) is 284 Å². The Morgan fingerprint density at radius 1 is 0.462 bits per heavy atom. The molecule has 0 fully saturated rings. The molecule has 9 nitrogen and oxygen atoms in total. The van der Waals surface area contributed by atoms with Gasteiger partial charge in [0.2, 0.25) is 5.91 Å². The molecule has 0 saturated carbocycles. The number of allylic oxidation sites excluding steroid dienone is 13. The molecule has 1 amide bonds. The van der Waals surface area contributed by atoms with Gasteiger partial charge >= 0.3 is 5.97 Å². The molecule has 10 heteroatoms. The molecular weight excluding hydrogens is 988 g/mol. The summed E-state index contributed by atoms with van der Waals surface area (Å²) in [5.74, 6) is -0.577. The second-order valence-corrected chi connectivity index (χ2v) is 24.3. The zero-order valence-corrected chi connectivity index (χ0v) is 52.5. The number of ether oxygens (including phenoxy) is 1. The minimum atomic E-state index is -4.71. The molecular formula is C68H123N2O7P. The summed E-state index contributed by atoms with van der Waals surface area (Å²) in [5.41, 5.74) is 0. The topological polar surface area (TPSA) is 114 Å². The van der Waals surface area contributed by atoms with Crippen LogP contribution in [0.15, 0.2) is 85.1 Å². The van der Waals surface area contributed by atoms with E-state index >= 15 is 0 Å². The summed E-state index contributed by atoms with van der Waals surface area (Å²) in [5, 5.41) is 3.01. The van der Waals surface area contributed by atoms with Crippen molar-refractivity contribution in [2.45, 2.75) is 296 Å². The number of carbonyl (C=O) groups excluding carboxylic acids is 2. The summed E-state index contributed by atoms with van der Waals surface area (Å²) < 4.78 is 30.3. The average Bonchev–Trinajstić information content (AvgIpc) is 3.40. The number of hydrogen-bond acceptors (Lipinski definition) is 7. The van der Waals surface area contributed by atoms with E-state index in [9.17, 15) is 19.0 Å². The number of nitrogens with zero attached hydrogens (tertiary/aromatic N) is 1. The lowest BCUT2D eigenvalue weighted by Gasteiger charge is -2.30. The Bertz CT molecular complexity index is 1610. The molecule has 0 aliphatic rings. The molecule has 0 aliphatic carbocycles. The second kappa shape index (κ2) is 57.4. The number of hydrogen-bond donors (Lipinski definition) is 1. The van der Waals surface area contributed by atoms with Crippen LogP contribution in [-0.2, 0) is 27.9 Å².